The molecular weight excluding hydrogens is 520 g/mol. The first kappa shape index (κ1) is 28.4. The van der Waals surface area contributed by atoms with Crippen LogP contribution in [-0.4, -0.2) is 89.1 Å². The van der Waals surface area contributed by atoms with Gasteiger partial charge in [0.1, 0.15) is 29.4 Å². The Morgan fingerprint density at radius 3 is 2.56 bits per heavy atom. The number of ketones is 1. The molecule has 1 saturated heterocycles. The lowest BCUT2D eigenvalue weighted by molar-refractivity contribution is 0.0173. The molecule has 0 saturated carbocycles. The van der Waals surface area contributed by atoms with Gasteiger partial charge in [-0.3, -0.25) is 19.2 Å². The van der Waals surface area contributed by atoms with Gasteiger partial charge in [0, 0.05) is 68.1 Å². The van der Waals surface area contributed by atoms with E-state index >= 15 is 0 Å². The van der Waals surface area contributed by atoms with E-state index in [1.165, 1.54) is 26.1 Å². The van der Waals surface area contributed by atoms with Crippen molar-refractivity contribution in [2.45, 2.75) is 37.8 Å². The summed E-state index contributed by atoms with van der Waals surface area (Å²) in [5, 5.41) is 0.147. The quantitative estimate of drug-likeness (QED) is 0.302. The highest BCUT2D eigenvalue weighted by molar-refractivity contribution is 7.99. The van der Waals surface area contributed by atoms with Crippen LogP contribution in [0.15, 0.2) is 48.9 Å². The molecule has 1 fully saturated rings. The molecular formula is C28H34N4O6S. The highest BCUT2D eigenvalue weighted by atomic mass is 32.2. The molecule has 0 spiro atoms. The number of fused-ring (bicyclic) bond motifs is 1. The average Bonchev–Trinajstić information content (AvgIpc) is 3.50. The minimum atomic E-state index is -0.804. The summed E-state index contributed by atoms with van der Waals surface area (Å²) in [5.74, 6) is 0.639. The van der Waals surface area contributed by atoms with Crippen LogP contribution in [0.4, 0.5) is 9.59 Å². The van der Waals surface area contributed by atoms with E-state index in [1.54, 1.807) is 84.8 Å². The smallest absolute Gasteiger partial charge is 0.412 e. The topological polar surface area (TPSA) is 103 Å². The molecule has 1 aliphatic heterocycles. The van der Waals surface area contributed by atoms with Gasteiger partial charge in [-0.25, -0.2) is 9.59 Å². The number of thioether (sulfide) groups is 1. The Labute approximate surface area is 232 Å². The fraction of sp³-hybridized carbons (Fsp3) is 0.429. The van der Waals surface area contributed by atoms with E-state index in [0.29, 0.717) is 41.2 Å². The van der Waals surface area contributed by atoms with Crippen LogP contribution in [0.5, 0.6) is 5.75 Å². The van der Waals surface area contributed by atoms with Crippen molar-refractivity contribution in [2.24, 2.45) is 0 Å². The standard InChI is InChI=1S/C28H34N4O6S/c1-28(2,3)38-27(35)32-23(17-39-25(32)18-8-7-11-29-15-18)24(33)21-16-31(26(34)30(4)5)22-14-19(9-10-20(21)22)37-13-12-36-6/h7-11,14-16,23,25H,12-13,17H2,1-6H3/t23-,25?/m0/s1. The summed E-state index contributed by atoms with van der Waals surface area (Å²) in [4.78, 5) is 47.8. The predicted octanol–water partition coefficient (Wildman–Crippen LogP) is 4.83. The molecule has 1 aliphatic rings. The van der Waals surface area contributed by atoms with Gasteiger partial charge in [0.2, 0.25) is 0 Å². The molecule has 4 rings (SSSR count). The SMILES string of the molecule is COCCOc1ccc2c(C(=O)[C@@H]3CSC(c4cccnc4)N3C(=O)OC(C)(C)C)cn(C(=O)N(C)C)c2c1. The first-order valence-electron chi connectivity index (χ1n) is 12.6. The summed E-state index contributed by atoms with van der Waals surface area (Å²) in [6, 6.07) is 7.81. The number of hydrogen-bond donors (Lipinski definition) is 0. The van der Waals surface area contributed by atoms with Gasteiger partial charge < -0.3 is 19.1 Å². The maximum atomic E-state index is 14.2. The highest BCUT2D eigenvalue weighted by Crippen LogP contribution is 2.43. The molecule has 0 radical (unpaired) electrons. The van der Waals surface area contributed by atoms with Gasteiger partial charge in [-0.05, 0) is 39.0 Å². The third-order valence-corrected chi connectivity index (χ3v) is 7.39. The van der Waals surface area contributed by atoms with Gasteiger partial charge in [0.25, 0.3) is 0 Å². The van der Waals surface area contributed by atoms with Crippen molar-refractivity contribution in [1.82, 2.24) is 19.4 Å². The van der Waals surface area contributed by atoms with Crippen LogP contribution in [0.25, 0.3) is 10.9 Å². The third-order valence-electron chi connectivity index (χ3n) is 6.06. The highest BCUT2D eigenvalue weighted by Gasteiger charge is 2.45. The molecule has 0 aliphatic carbocycles. The Bertz CT molecular complexity index is 1350. The molecule has 0 N–H and O–H groups in total. The van der Waals surface area contributed by atoms with Crippen LogP contribution < -0.4 is 4.74 Å². The van der Waals surface area contributed by atoms with E-state index in [4.69, 9.17) is 14.2 Å². The molecule has 2 atom stereocenters. The van der Waals surface area contributed by atoms with Gasteiger partial charge in [-0.1, -0.05) is 6.07 Å². The van der Waals surface area contributed by atoms with Crippen molar-refractivity contribution in [3.8, 4) is 5.75 Å². The largest absolute Gasteiger partial charge is 0.491 e. The number of benzene rings is 1. The second-order valence-electron chi connectivity index (χ2n) is 10.3. The lowest BCUT2D eigenvalue weighted by Crippen LogP contribution is -2.45. The molecule has 3 aromatic rings. The van der Waals surface area contributed by atoms with E-state index in [9.17, 15) is 14.4 Å². The molecule has 10 nitrogen and oxygen atoms in total. The molecule has 11 heteroatoms. The number of aromatic nitrogens is 2. The zero-order valence-electron chi connectivity index (χ0n) is 23.0. The zero-order valence-corrected chi connectivity index (χ0v) is 23.9. The fourth-order valence-electron chi connectivity index (χ4n) is 4.31. The predicted molar refractivity (Wildman–Crippen MR) is 149 cm³/mol. The van der Waals surface area contributed by atoms with E-state index in [1.807, 2.05) is 6.07 Å². The number of carbonyl (C=O) groups is 3. The minimum Gasteiger partial charge on any atom is -0.491 e. The number of pyridine rings is 1. The van der Waals surface area contributed by atoms with Crippen molar-refractivity contribution in [1.29, 1.82) is 0 Å². The number of methoxy groups -OCH3 is 1. The molecule has 39 heavy (non-hydrogen) atoms. The fourth-order valence-corrected chi connectivity index (χ4v) is 5.72. The third kappa shape index (κ3) is 6.20. The van der Waals surface area contributed by atoms with Crippen LogP contribution in [0.1, 0.15) is 42.1 Å². The molecule has 1 aromatic carbocycles. The number of hydrogen-bond acceptors (Lipinski definition) is 8. The lowest BCUT2D eigenvalue weighted by atomic mass is 10.0. The monoisotopic (exact) mass is 554 g/mol. The minimum absolute atomic E-state index is 0.275. The molecule has 2 amide bonds. The average molecular weight is 555 g/mol. The second kappa shape index (κ2) is 11.7. The maximum absolute atomic E-state index is 14.2. The van der Waals surface area contributed by atoms with Crippen molar-refractivity contribution in [3.63, 3.8) is 0 Å². The van der Waals surface area contributed by atoms with Crippen LogP contribution in [0, 0.1) is 0 Å². The Morgan fingerprint density at radius 2 is 1.92 bits per heavy atom. The van der Waals surface area contributed by atoms with Gasteiger partial charge in [-0.2, -0.15) is 0 Å². The summed E-state index contributed by atoms with van der Waals surface area (Å²) in [7, 11) is 4.88. The van der Waals surface area contributed by atoms with E-state index in [0.717, 1.165) is 5.56 Å². The van der Waals surface area contributed by atoms with Crippen molar-refractivity contribution in [2.75, 3.05) is 40.2 Å². The molecule has 2 aromatic heterocycles. The number of ether oxygens (including phenoxy) is 3. The lowest BCUT2D eigenvalue weighted by Gasteiger charge is -2.31. The van der Waals surface area contributed by atoms with Crippen molar-refractivity contribution >= 4 is 40.6 Å². The van der Waals surface area contributed by atoms with Crippen molar-refractivity contribution in [3.05, 3.63) is 60.0 Å². The summed E-state index contributed by atoms with van der Waals surface area (Å²) in [5.41, 5.74) is 0.928. The summed E-state index contributed by atoms with van der Waals surface area (Å²) in [6.45, 7) is 6.12. The maximum Gasteiger partial charge on any atom is 0.412 e. The van der Waals surface area contributed by atoms with Crippen LogP contribution in [0.2, 0.25) is 0 Å². The number of nitrogens with zero attached hydrogens (tertiary/aromatic N) is 4. The Morgan fingerprint density at radius 1 is 1.15 bits per heavy atom. The van der Waals surface area contributed by atoms with E-state index in [-0.39, 0.29) is 11.8 Å². The summed E-state index contributed by atoms with van der Waals surface area (Å²) >= 11 is 1.48. The van der Waals surface area contributed by atoms with E-state index in [2.05, 4.69) is 4.98 Å². The van der Waals surface area contributed by atoms with Gasteiger partial charge in [0.15, 0.2) is 5.78 Å². The summed E-state index contributed by atoms with van der Waals surface area (Å²) in [6.07, 6.45) is 4.31. The normalized spacial score (nSPS) is 17.3. The number of amides is 2. The Kier molecular flexibility index (Phi) is 8.51. The zero-order chi connectivity index (χ0) is 28.3. The Hall–Kier alpha value is -3.57. The second-order valence-corrected chi connectivity index (χ2v) is 11.5. The first-order chi connectivity index (χ1) is 18.5. The van der Waals surface area contributed by atoms with Crippen LogP contribution in [-0.2, 0) is 9.47 Å². The van der Waals surface area contributed by atoms with Gasteiger partial charge in [-0.15, -0.1) is 11.8 Å². The molecule has 208 valence electrons. The van der Waals surface area contributed by atoms with Crippen LogP contribution >= 0.6 is 11.8 Å². The number of carbonyl (C=O) groups excluding carboxylic acids is 3. The van der Waals surface area contributed by atoms with Crippen molar-refractivity contribution < 1.29 is 28.6 Å². The number of rotatable bonds is 7. The number of Topliss-reactive ketones (excluding diaryl/α,β-unsaturated/α-hetero) is 1. The van der Waals surface area contributed by atoms with Gasteiger partial charge >= 0.3 is 12.1 Å². The van der Waals surface area contributed by atoms with Gasteiger partial charge in [0.05, 0.1) is 12.1 Å². The van der Waals surface area contributed by atoms with E-state index < -0.39 is 23.1 Å². The first-order valence-corrected chi connectivity index (χ1v) is 13.6. The molecule has 3 heterocycles. The molecule has 1 unspecified atom stereocenters. The van der Waals surface area contributed by atoms with Crippen LogP contribution in [0.3, 0.4) is 0 Å². The Balaban J connectivity index is 1.76. The summed E-state index contributed by atoms with van der Waals surface area (Å²) < 4.78 is 18.0. The molecule has 0 bridgehead atoms.